The Bertz CT molecular complexity index is 1080. The summed E-state index contributed by atoms with van der Waals surface area (Å²) in [5, 5.41) is 15.4. The van der Waals surface area contributed by atoms with Crippen molar-refractivity contribution in [2.24, 2.45) is 5.92 Å². The van der Waals surface area contributed by atoms with E-state index in [-0.39, 0.29) is 41.4 Å². The predicted octanol–water partition coefficient (Wildman–Crippen LogP) is 4.53. The SMILES string of the molecule is CC(C)(C)OC(=O)N1CCC(CNc2nc(NCc3ccccc3OC(F)(F)F)ncc2C#N)C1. The summed E-state index contributed by atoms with van der Waals surface area (Å²) in [5.74, 6) is 0.234. The lowest BCUT2D eigenvalue weighted by Crippen LogP contribution is -2.35. The Morgan fingerprint density at radius 2 is 2.00 bits per heavy atom. The van der Waals surface area contributed by atoms with Crippen LogP contribution in [0.2, 0.25) is 0 Å². The van der Waals surface area contributed by atoms with E-state index < -0.39 is 12.0 Å². The van der Waals surface area contributed by atoms with Gasteiger partial charge in [-0.3, -0.25) is 0 Å². The first-order valence-corrected chi connectivity index (χ1v) is 11.0. The number of ether oxygens (including phenoxy) is 2. The molecule has 1 aromatic heterocycles. The molecule has 1 saturated heterocycles. The van der Waals surface area contributed by atoms with Gasteiger partial charge < -0.3 is 25.0 Å². The summed E-state index contributed by atoms with van der Waals surface area (Å²) in [4.78, 5) is 22.3. The molecule has 0 saturated carbocycles. The molecule has 3 rings (SSSR count). The number of likely N-dealkylation sites (tertiary alicyclic amines) is 1. The zero-order chi connectivity index (χ0) is 25.6. The van der Waals surface area contributed by atoms with Crippen LogP contribution in [-0.2, 0) is 11.3 Å². The number of nitrogens with zero attached hydrogens (tertiary/aromatic N) is 4. The van der Waals surface area contributed by atoms with Crippen LogP contribution in [0.3, 0.4) is 0 Å². The van der Waals surface area contributed by atoms with Gasteiger partial charge in [-0.25, -0.2) is 9.78 Å². The predicted molar refractivity (Wildman–Crippen MR) is 122 cm³/mol. The minimum Gasteiger partial charge on any atom is -0.444 e. The fourth-order valence-corrected chi connectivity index (χ4v) is 3.46. The molecule has 2 N–H and O–H groups in total. The number of benzene rings is 1. The summed E-state index contributed by atoms with van der Waals surface area (Å²) in [6, 6.07) is 7.76. The topological polar surface area (TPSA) is 112 Å². The van der Waals surface area contributed by atoms with Gasteiger partial charge in [-0.1, -0.05) is 18.2 Å². The summed E-state index contributed by atoms with van der Waals surface area (Å²) in [7, 11) is 0. The minimum absolute atomic E-state index is 0.0228. The van der Waals surface area contributed by atoms with Gasteiger partial charge in [0, 0.05) is 31.7 Å². The van der Waals surface area contributed by atoms with Gasteiger partial charge in [0.15, 0.2) is 0 Å². The maximum absolute atomic E-state index is 12.6. The second-order valence-corrected chi connectivity index (χ2v) is 9.04. The lowest BCUT2D eigenvalue weighted by Gasteiger charge is -2.24. The van der Waals surface area contributed by atoms with E-state index in [1.54, 1.807) is 11.0 Å². The van der Waals surface area contributed by atoms with Crippen LogP contribution in [0.1, 0.15) is 38.3 Å². The van der Waals surface area contributed by atoms with Gasteiger partial charge in [-0.15, -0.1) is 13.2 Å². The van der Waals surface area contributed by atoms with Gasteiger partial charge in [-0.05, 0) is 39.2 Å². The van der Waals surface area contributed by atoms with Crippen molar-refractivity contribution in [1.29, 1.82) is 5.26 Å². The Morgan fingerprint density at radius 1 is 1.26 bits per heavy atom. The molecule has 0 radical (unpaired) electrons. The van der Waals surface area contributed by atoms with Crippen LogP contribution >= 0.6 is 0 Å². The van der Waals surface area contributed by atoms with Crippen molar-refractivity contribution >= 4 is 17.9 Å². The first-order chi connectivity index (χ1) is 16.4. The summed E-state index contributed by atoms with van der Waals surface area (Å²) >= 11 is 0. The zero-order valence-corrected chi connectivity index (χ0v) is 19.6. The van der Waals surface area contributed by atoms with Gasteiger partial charge in [0.05, 0.1) is 6.20 Å². The standard InChI is InChI=1S/C23H27F3N6O3/c1-22(2,3)35-21(33)32-9-8-15(14-32)11-28-19-17(10-27)13-30-20(31-19)29-12-16-6-4-5-7-18(16)34-23(24,25)26/h4-7,13,15H,8-9,11-12,14H2,1-3H3,(H2,28,29,30,31). The molecule has 35 heavy (non-hydrogen) atoms. The van der Waals surface area contributed by atoms with Crippen LogP contribution < -0.4 is 15.4 Å². The number of amides is 1. The number of rotatable bonds is 7. The molecule has 1 aliphatic heterocycles. The van der Waals surface area contributed by atoms with E-state index in [9.17, 15) is 23.2 Å². The molecule has 0 bridgehead atoms. The van der Waals surface area contributed by atoms with E-state index in [1.165, 1.54) is 24.4 Å². The van der Waals surface area contributed by atoms with E-state index in [2.05, 4.69) is 25.3 Å². The number of nitrogens with one attached hydrogen (secondary N) is 2. The van der Waals surface area contributed by atoms with E-state index >= 15 is 0 Å². The van der Waals surface area contributed by atoms with Crippen LogP contribution in [0, 0.1) is 17.2 Å². The largest absolute Gasteiger partial charge is 0.573 e. The van der Waals surface area contributed by atoms with E-state index in [1.807, 2.05) is 26.8 Å². The molecule has 2 aromatic rings. The van der Waals surface area contributed by atoms with Crippen molar-refractivity contribution in [3.63, 3.8) is 0 Å². The van der Waals surface area contributed by atoms with Gasteiger partial charge in [0.1, 0.15) is 28.8 Å². The number of aromatic nitrogens is 2. The van der Waals surface area contributed by atoms with Crippen LogP contribution in [0.4, 0.5) is 29.7 Å². The highest BCUT2D eigenvalue weighted by molar-refractivity contribution is 5.68. The zero-order valence-electron chi connectivity index (χ0n) is 19.6. The fraction of sp³-hybridized carbons (Fsp3) is 0.478. The molecular formula is C23H27F3N6O3. The third kappa shape index (κ3) is 7.91. The van der Waals surface area contributed by atoms with Crippen LogP contribution in [-0.4, -0.2) is 52.6 Å². The normalized spacial score (nSPS) is 15.9. The molecule has 12 heteroatoms. The molecule has 9 nitrogen and oxygen atoms in total. The maximum Gasteiger partial charge on any atom is 0.573 e. The highest BCUT2D eigenvalue weighted by atomic mass is 19.4. The Balaban J connectivity index is 1.60. The van der Waals surface area contributed by atoms with Crippen LogP contribution in [0.5, 0.6) is 5.75 Å². The second kappa shape index (κ2) is 10.7. The van der Waals surface area contributed by atoms with E-state index in [0.29, 0.717) is 25.5 Å². The molecule has 0 aliphatic carbocycles. The van der Waals surface area contributed by atoms with Crippen LogP contribution in [0.15, 0.2) is 30.5 Å². The van der Waals surface area contributed by atoms with E-state index in [0.717, 1.165) is 6.42 Å². The van der Waals surface area contributed by atoms with Gasteiger partial charge in [0.25, 0.3) is 0 Å². The third-order valence-corrected chi connectivity index (χ3v) is 5.04. The van der Waals surface area contributed by atoms with E-state index in [4.69, 9.17) is 4.74 Å². The Labute approximate surface area is 201 Å². The fourth-order valence-electron chi connectivity index (χ4n) is 3.46. The van der Waals surface area contributed by atoms with Crippen molar-refractivity contribution in [1.82, 2.24) is 14.9 Å². The highest BCUT2D eigenvalue weighted by Gasteiger charge is 2.32. The second-order valence-electron chi connectivity index (χ2n) is 9.04. The number of carbonyl (C=O) groups is 1. The molecule has 1 aromatic carbocycles. The first-order valence-electron chi connectivity index (χ1n) is 11.0. The Morgan fingerprint density at radius 3 is 2.69 bits per heavy atom. The lowest BCUT2D eigenvalue weighted by molar-refractivity contribution is -0.274. The Hall–Kier alpha value is -3.75. The monoisotopic (exact) mass is 492 g/mol. The first kappa shape index (κ1) is 25.9. The molecule has 1 fully saturated rings. The molecule has 188 valence electrons. The minimum atomic E-state index is -4.81. The van der Waals surface area contributed by atoms with Gasteiger partial charge >= 0.3 is 12.5 Å². The van der Waals surface area contributed by atoms with Crippen molar-refractivity contribution < 1.29 is 27.4 Å². The number of carbonyl (C=O) groups excluding carboxylic acids is 1. The summed E-state index contributed by atoms with van der Waals surface area (Å²) in [5.41, 5.74) is -0.0855. The summed E-state index contributed by atoms with van der Waals surface area (Å²) < 4.78 is 47.4. The molecular weight excluding hydrogens is 465 g/mol. The quantitative estimate of drug-likeness (QED) is 0.580. The van der Waals surface area contributed by atoms with Crippen molar-refractivity contribution in [3.8, 4) is 11.8 Å². The molecule has 1 aliphatic rings. The number of hydrogen-bond donors (Lipinski definition) is 2. The third-order valence-electron chi connectivity index (χ3n) is 5.04. The van der Waals surface area contributed by atoms with Crippen molar-refractivity contribution in [2.45, 2.75) is 45.7 Å². The average Bonchev–Trinajstić information content (AvgIpc) is 3.24. The summed E-state index contributed by atoms with van der Waals surface area (Å²) in [6.45, 7) is 6.96. The number of nitriles is 1. The molecule has 1 unspecified atom stereocenters. The Kier molecular flexibility index (Phi) is 7.89. The summed E-state index contributed by atoms with van der Waals surface area (Å²) in [6.07, 6.45) is -3.07. The molecule has 2 heterocycles. The smallest absolute Gasteiger partial charge is 0.444 e. The molecule has 1 atom stereocenters. The number of alkyl halides is 3. The van der Waals surface area contributed by atoms with Gasteiger partial charge in [0.2, 0.25) is 5.95 Å². The number of para-hydroxylation sites is 1. The average molecular weight is 493 g/mol. The maximum atomic E-state index is 12.6. The van der Waals surface area contributed by atoms with Crippen molar-refractivity contribution in [3.05, 3.63) is 41.6 Å². The number of anilines is 2. The van der Waals surface area contributed by atoms with Gasteiger partial charge in [-0.2, -0.15) is 10.2 Å². The van der Waals surface area contributed by atoms with Crippen LogP contribution in [0.25, 0.3) is 0 Å². The number of hydrogen-bond acceptors (Lipinski definition) is 8. The highest BCUT2D eigenvalue weighted by Crippen LogP contribution is 2.27. The van der Waals surface area contributed by atoms with Crippen molar-refractivity contribution in [2.75, 3.05) is 30.3 Å². The lowest BCUT2D eigenvalue weighted by atomic mass is 10.1. The molecule has 1 amide bonds. The number of halogens is 3. The molecule has 0 spiro atoms.